The van der Waals surface area contributed by atoms with E-state index < -0.39 is 30.4 Å². The number of hydrogen-bond acceptors (Lipinski definition) is 7. The highest BCUT2D eigenvalue weighted by atomic mass is 35.5. The first kappa shape index (κ1) is 35.4. The summed E-state index contributed by atoms with van der Waals surface area (Å²) in [6, 6.07) is 7.80. The predicted molar refractivity (Wildman–Crippen MR) is 169 cm³/mol. The van der Waals surface area contributed by atoms with Gasteiger partial charge in [0, 0.05) is 62.5 Å². The summed E-state index contributed by atoms with van der Waals surface area (Å²) in [5.74, 6) is -0.0537. The molecule has 1 aliphatic heterocycles. The maximum absolute atomic E-state index is 13.7. The summed E-state index contributed by atoms with van der Waals surface area (Å²) < 4.78 is 68.5. The van der Waals surface area contributed by atoms with Gasteiger partial charge in [-0.25, -0.2) is 18.7 Å². The van der Waals surface area contributed by atoms with Crippen molar-refractivity contribution in [2.45, 2.75) is 58.3 Å². The molecule has 0 atom stereocenters. The van der Waals surface area contributed by atoms with Gasteiger partial charge in [-0.15, -0.1) is 0 Å². The number of rotatable bonds is 6. The summed E-state index contributed by atoms with van der Waals surface area (Å²) in [6.45, 7) is 1.04. The van der Waals surface area contributed by atoms with Gasteiger partial charge in [0.15, 0.2) is 17.2 Å². The summed E-state index contributed by atoms with van der Waals surface area (Å²) in [6.07, 6.45) is 7.71. The molecule has 3 aromatic heterocycles. The number of nitrogens with two attached hydrogens (primary N) is 1. The molecule has 2 aliphatic rings. The summed E-state index contributed by atoms with van der Waals surface area (Å²) in [5, 5.41) is 6.53. The Kier molecular flexibility index (Phi) is 11.3. The number of anilines is 2. The molecule has 10 nitrogen and oxygen atoms in total. The van der Waals surface area contributed by atoms with Crippen LogP contribution in [-0.2, 0) is 12.7 Å². The van der Waals surface area contributed by atoms with Gasteiger partial charge >= 0.3 is 6.18 Å². The van der Waals surface area contributed by atoms with Crippen LogP contribution in [0.3, 0.4) is 0 Å². The Bertz CT molecular complexity index is 1720. The van der Waals surface area contributed by atoms with Gasteiger partial charge in [0.2, 0.25) is 0 Å². The van der Waals surface area contributed by atoms with Crippen molar-refractivity contribution < 1.29 is 26.7 Å². The minimum Gasteiger partial charge on any atom is -0.337 e. The van der Waals surface area contributed by atoms with Crippen molar-refractivity contribution in [3.8, 4) is 23.7 Å². The van der Waals surface area contributed by atoms with Gasteiger partial charge in [-0.3, -0.25) is 13.9 Å². The van der Waals surface area contributed by atoms with Crippen LogP contribution in [0.25, 0.3) is 16.9 Å². The number of terminal acetylenes is 1. The topological polar surface area (TPSA) is 110 Å². The summed E-state index contributed by atoms with van der Waals surface area (Å²) in [4.78, 5) is 24.8. The number of hydrogen-bond donors (Lipinski definition) is 2. The molecule has 1 aliphatic carbocycles. The number of aromatic nitrogens is 5. The van der Waals surface area contributed by atoms with Gasteiger partial charge in [0.05, 0.1) is 28.0 Å². The Morgan fingerprint density at radius 3 is 2.43 bits per heavy atom. The van der Waals surface area contributed by atoms with Gasteiger partial charge < -0.3 is 20.9 Å². The lowest BCUT2D eigenvalue weighted by Gasteiger charge is -2.32. The minimum absolute atomic E-state index is 0. The number of amides is 1. The molecule has 4 aromatic rings. The minimum atomic E-state index is -4.88. The fourth-order valence-electron chi connectivity index (χ4n) is 5.33. The van der Waals surface area contributed by atoms with E-state index in [1.807, 2.05) is 0 Å². The van der Waals surface area contributed by atoms with Crippen molar-refractivity contribution in [2.75, 3.05) is 31.5 Å². The fraction of sp³-hybridized carbons (Fsp3) is 0.419. The number of nitrogens with zero attached hydrogens (tertiary/aromatic N) is 7. The number of benzene rings is 1. The van der Waals surface area contributed by atoms with E-state index in [0.29, 0.717) is 48.2 Å². The highest BCUT2D eigenvalue weighted by Crippen LogP contribution is 2.37. The Labute approximate surface area is 273 Å². The number of imidazole rings is 1. The first-order chi connectivity index (χ1) is 21.9. The van der Waals surface area contributed by atoms with E-state index in [2.05, 4.69) is 26.4 Å². The van der Waals surface area contributed by atoms with Gasteiger partial charge in [-0.1, -0.05) is 38.3 Å². The smallest absolute Gasteiger partial charge is 0.337 e. The number of fused-ring (bicyclic) bond motifs is 1. The molecular weight excluding hydrogens is 645 g/mol. The van der Waals surface area contributed by atoms with Crippen molar-refractivity contribution in [3.63, 3.8) is 0 Å². The van der Waals surface area contributed by atoms with E-state index in [9.17, 15) is 26.7 Å². The molecule has 16 heteroatoms. The standard InChI is InChI=1S/C25H20ClF5N8O.C5H11N.CH4/c1-2-36-7-9-37(10-8-36)24(40)16-4-3-15(11-18(16)26)34-22-23-33-12-19(39(23)6-5-32-22)17-13-38(14-20(27)28)35-21(17)25(29,30)31;6-5-3-1-2-4-5;/h1,3-6,11-13,20H,7-10,14H2,(H,32,34);5H,1-4,6H2;1H4. The number of carbonyl (C=O) groups is 1. The first-order valence-electron chi connectivity index (χ1n) is 14.5. The van der Waals surface area contributed by atoms with Crippen LogP contribution in [0.15, 0.2) is 43.0 Å². The molecule has 6 rings (SSSR count). The van der Waals surface area contributed by atoms with Crippen LogP contribution in [-0.4, -0.2) is 78.5 Å². The van der Waals surface area contributed by atoms with Gasteiger partial charge in [-0.05, 0) is 31.0 Å². The van der Waals surface area contributed by atoms with Crippen LogP contribution in [0.2, 0.25) is 5.02 Å². The third-order valence-corrected chi connectivity index (χ3v) is 7.98. The molecule has 0 unspecified atom stereocenters. The summed E-state index contributed by atoms with van der Waals surface area (Å²) in [5.41, 5.74) is 4.71. The highest BCUT2D eigenvalue weighted by molar-refractivity contribution is 6.34. The molecule has 2 fully saturated rings. The molecule has 1 aromatic carbocycles. The maximum atomic E-state index is 13.7. The third kappa shape index (κ3) is 8.30. The zero-order valence-electron chi connectivity index (χ0n) is 24.5. The maximum Gasteiger partial charge on any atom is 0.435 e. The van der Waals surface area contributed by atoms with Crippen molar-refractivity contribution in [1.29, 1.82) is 0 Å². The van der Waals surface area contributed by atoms with Gasteiger partial charge in [-0.2, -0.15) is 18.3 Å². The van der Waals surface area contributed by atoms with Crippen molar-refractivity contribution in [1.82, 2.24) is 33.9 Å². The van der Waals surface area contributed by atoms with Crippen molar-refractivity contribution >= 4 is 34.7 Å². The second-order valence-electron chi connectivity index (χ2n) is 10.9. The second kappa shape index (κ2) is 15.0. The Balaban J connectivity index is 0.000000643. The predicted octanol–water partition coefficient (Wildman–Crippen LogP) is 6.15. The van der Waals surface area contributed by atoms with Crippen LogP contribution in [0.1, 0.15) is 49.2 Å². The molecule has 47 heavy (non-hydrogen) atoms. The molecule has 0 spiro atoms. The van der Waals surface area contributed by atoms with E-state index in [-0.39, 0.29) is 35.5 Å². The molecule has 1 amide bonds. The van der Waals surface area contributed by atoms with Crippen LogP contribution in [0.5, 0.6) is 0 Å². The molecular formula is C31H35ClF5N9O. The Hall–Kier alpha value is -4.42. The second-order valence-corrected chi connectivity index (χ2v) is 11.3. The first-order valence-corrected chi connectivity index (χ1v) is 14.9. The Morgan fingerprint density at radius 1 is 1.15 bits per heavy atom. The zero-order valence-corrected chi connectivity index (χ0v) is 25.3. The normalized spacial score (nSPS) is 15.3. The summed E-state index contributed by atoms with van der Waals surface area (Å²) >= 11 is 6.43. The lowest BCUT2D eigenvalue weighted by atomic mass is 10.1. The fourth-order valence-corrected chi connectivity index (χ4v) is 5.59. The number of piperazine rings is 1. The van der Waals surface area contributed by atoms with Gasteiger partial charge in [0.1, 0.15) is 6.54 Å². The van der Waals surface area contributed by atoms with E-state index in [4.69, 9.17) is 23.8 Å². The van der Waals surface area contributed by atoms with E-state index in [1.54, 1.807) is 21.9 Å². The average Bonchev–Trinajstić information content (AvgIpc) is 3.77. The monoisotopic (exact) mass is 679 g/mol. The SMILES string of the molecule is C.C#CN1CCN(C(=O)c2ccc(Nc3nccn4c(-c5cn(CC(F)F)nc5C(F)(F)F)cnc34)cc2Cl)CC1.NC1CCCC1. The molecule has 4 heterocycles. The number of nitrogens with one attached hydrogen (secondary N) is 1. The van der Waals surface area contributed by atoms with E-state index >= 15 is 0 Å². The van der Waals surface area contributed by atoms with Crippen LogP contribution >= 0.6 is 11.6 Å². The molecule has 0 radical (unpaired) electrons. The number of carbonyl (C=O) groups excluding carboxylic acids is 1. The van der Waals surface area contributed by atoms with Gasteiger partial charge in [0.25, 0.3) is 12.3 Å². The Morgan fingerprint density at radius 2 is 1.85 bits per heavy atom. The molecule has 252 valence electrons. The number of alkyl halides is 5. The average molecular weight is 680 g/mol. The largest absolute Gasteiger partial charge is 0.435 e. The number of halogens is 6. The molecule has 0 bridgehead atoms. The van der Waals surface area contributed by atoms with Crippen molar-refractivity contribution in [3.05, 3.63) is 59.3 Å². The quantitative estimate of drug-likeness (QED) is 0.186. The van der Waals surface area contributed by atoms with Crippen LogP contribution < -0.4 is 11.1 Å². The van der Waals surface area contributed by atoms with E-state index in [1.165, 1.54) is 54.7 Å². The molecule has 3 N–H and O–H groups in total. The highest BCUT2D eigenvalue weighted by Gasteiger charge is 2.38. The lowest BCUT2D eigenvalue weighted by molar-refractivity contribution is -0.141. The summed E-state index contributed by atoms with van der Waals surface area (Å²) in [7, 11) is 0. The lowest BCUT2D eigenvalue weighted by Crippen LogP contribution is -2.47. The molecule has 1 saturated carbocycles. The van der Waals surface area contributed by atoms with Crippen LogP contribution in [0.4, 0.5) is 33.5 Å². The third-order valence-electron chi connectivity index (χ3n) is 7.67. The van der Waals surface area contributed by atoms with Crippen LogP contribution in [0, 0.1) is 12.5 Å². The van der Waals surface area contributed by atoms with E-state index in [0.717, 1.165) is 6.20 Å². The van der Waals surface area contributed by atoms with Crippen molar-refractivity contribution in [2.24, 2.45) is 5.73 Å². The molecule has 1 saturated heterocycles. The zero-order chi connectivity index (χ0) is 33.0.